The van der Waals surface area contributed by atoms with E-state index in [0.29, 0.717) is 28.5 Å². The maximum absolute atomic E-state index is 13.7. The molecule has 140 valence electrons. The van der Waals surface area contributed by atoms with Gasteiger partial charge < -0.3 is 15.0 Å². The number of pyridine rings is 1. The summed E-state index contributed by atoms with van der Waals surface area (Å²) in [5.41, 5.74) is 1.60. The number of hydrogen-bond acceptors (Lipinski definition) is 4. The first-order chi connectivity index (χ1) is 12.9. The third-order valence-corrected chi connectivity index (χ3v) is 4.25. The minimum atomic E-state index is -0.943. The number of ether oxygens (including phenoxy) is 1. The van der Waals surface area contributed by atoms with Crippen molar-refractivity contribution >= 4 is 5.91 Å². The molecule has 27 heavy (non-hydrogen) atoms. The number of nitrogens with one attached hydrogen (secondary N) is 2. The second-order valence-corrected chi connectivity index (χ2v) is 6.53. The Morgan fingerprint density at radius 2 is 2.07 bits per heavy atom. The van der Waals surface area contributed by atoms with Crippen molar-refractivity contribution in [2.45, 2.75) is 26.0 Å². The van der Waals surface area contributed by atoms with Crippen molar-refractivity contribution in [3.63, 3.8) is 0 Å². The number of aromatic amines is 1. The lowest BCUT2D eigenvalue weighted by molar-refractivity contribution is -0.139. The van der Waals surface area contributed by atoms with E-state index in [0.717, 1.165) is 0 Å². The van der Waals surface area contributed by atoms with E-state index in [1.54, 1.807) is 32.2 Å². The highest BCUT2D eigenvalue weighted by atomic mass is 19.1. The zero-order valence-electron chi connectivity index (χ0n) is 15.4. The quantitative estimate of drug-likeness (QED) is 0.699. The van der Waals surface area contributed by atoms with Crippen LogP contribution in [0, 0.1) is 5.82 Å². The van der Waals surface area contributed by atoms with Gasteiger partial charge in [0.1, 0.15) is 17.2 Å². The Labute approximate surface area is 156 Å². The third-order valence-electron chi connectivity index (χ3n) is 4.25. The number of carbonyl (C=O) groups is 1. The van der Waals surface area contributed by atoms with E-state index in [2.05, 4.69) is 20.3 Å². The van der Waals surface area contributed by atoms with Gasteiger partial charge in [-0.15, -0.1) is 0 Å². The van der Waals surface area contributed by atoms with E-state index in [1.807, 2.05) is 18.2 Å². The molecule has 0 atom stereocenters. The van der Waals surface area contributed by atoms with Gasteiger partial charge in [-0.2, -0.15) is 0 Å². The predicted molar refractivity (Wildman–Crippen MR) is 100 cm³/mol. The molecule has 2 N–H and O–H groups in total. The van der Waals surface area contributed by atoms with Crippen LogP contribution in [0.1, 0.15) is 19.7 Å². The lowest BCUT2D eigenvalue weighted by atomic mass is 10.1. The standard InChI is InChI=1S/C20H21FN4O2/c1-20(2,27-3)19(26)23-12-16-24-17(13-7-6-8-14(21)11-13)18(25-16)15-9-4-5-10-22-15/h4-11H,12H2,1-3H3,(H,23,26)(H,24,25). The van der Waals surface area contributed by atoms with Crippen LogP contribution in [0.3, 0.4) is 0 Å². The van der Waals surface area contributed by atoms with Gasteiger partial charge in [0.05, 0.1) is 23.6 Å². The molecular weight excluding hydrogens is 347 g/mol. The Morgan fingerprint density at radius 3 is 2.74 bits per heavy atom. The molecule has 7 heteroatoms. The van der Waals surface area contributed by atoms with Crippen LogP contribution in [0.2, 0.25) is 0 Å². The van der Waals surface area contributed by atoms with Gasteiger partial charge in [-0.3, -0.25) is 9.78 Å². The topological polar surface area (TPSA) is 79.9 Å². The summed E-state index contributed by atoms with van der Waals surface area (Å²) in [7, 11) is 1.48. The highest BCUT2D eigenvalue weighted by Crippen LogP contribution is 2.29. The Balaban J connectivity index is 1.94. The Hall–Kier alpha value is -3.06. The van der Waals surface area contributed by atoms with Gasteiger partial charge in [0.2, 0.25) is 0 Å². The molecule has 1 amide bonds. The van der Waals surface area contributed by atoms with Crippen LogP contribution in [0.4, 0.5) is 4.39 Å². The molecule has 2 aromatic heterocycles. The molecule has 0 bridgehead atoms. The van der Waals surface area contributed by atoms with E-state index in [9.17, 15) is 9.18 Å². The average molecular weight is 368 g/mol. The normalized spacial score (nSPS) is 11.4. The van der Waals surface area contributed by atoms with Gasteiger partial charge in [-0.05, 0) is 38.1 Å². The van der Waals surface area contributed by atoms with Crippen molar-refractivity contribution in [1.82, 2.24) is 20.3 Å². The fourth-order valence-corrected chi connectivity index (χ4v) is 2.52. The number of imidazole rings is 1. The molecular formula is C20H21FN4O2. The highest BCUT2D eigenvalue weighted by Gasteiger charge is 2.27. The smallest absolute Gasteiger partial charge is 0.252 e. The van der Waals surface area contributed by atoms with Crippen molar-refractivity contribution in [2.24, 2.45) is 0 Å². The number of carbonyl (C=O) groups excluding carboxylic acids is 1. The van der Waals surface area contributed by atoms with Crippen molar-refractivity contribution < 1.29 is 13.9 Å². The molecule has 0 aliphatic rings. The van der Waals surface area contributed by atoms with Gasteiger partial charge in [0.15, 0.2) is 0 Å². The Kier molecular flexibility index (Phi) is 5.32. The maximum atomic E-state index is 13.7. The van der Waals surface area contributed by atoms with E-state index < -0.39 is 5.60 Å². The summed E-state index contributed by atoms with van der Waals surface area (Å²) in [6.07, 6.45) is 1.67. The zero-order chi connectivity index (χ0) is 19.4. The number of benzene rings is 1. The summed E-state index contributed by atoms with van der Waals surface area (Å²) in [6.45, 7) is 3.55. The van der Waals surface area contributed by atoms with Crippen LogP contribution in [0.25, 0.3) is 22.6 Å². The summed E-state index contributed by atoms with van der Waals surface area (Å²) in [6, 6.07) is 11.7. The Morgan fingerprint density at radius 1 is 1.26 bits per heavy atom. The van der Waals surface area contributed by atoms with E-state index in [-0.39, 0.29) is 18.3 Å². The Bertz CT molecular complexity index is 938. The minimum Gasteiger partial charge on any atom is -0.369 e. The molecule has 3 aromatic rings. The lowest BCUT2D eigenvalue weighted by Crippen LogP contribution is -2.43. The molecule has 0 aliphatic heterocycles. The summed E-state index contributed by atoms with van der Waals surface area (Å²) < 4.78 is 18.9. The van der Waals surface area contributed by atoms with Crippen LogP contribution in [-0.4, -0.2) is 33.6 Å². The number of H-pyrrole nitrogens is 1. The number of halogens is 1. The molecule has 0 spiro atoms. The molecule has 0 aliphatic carbocycles. The summed E-state index contributed by atoms with van der Waals surface area (Å²) in [5, 5.41) is 2.79. The van der Waals surface area contributed by atoms with Gasteiger partial charge in [-0.1, -0.05) is 18.2 Å². The van der Waals surface area contributed by atoms with Crippen molar-refractivity contribution in [3.05, 3.63) is 60.3 Å². The first-order valence-electron chi connectivity index (χ1n) is 8.50. The fraction of sp³-hybridized carbons (Fsp3) is 0.250. The minimum absolute atomic E-state index is 0.181. The first kappa shape index (κ1) is 18.7. The third kappa shape index (κ3) is 4.20. The maximum Gasteiger partial charge on any atom is 0.252 e. The molecule has 3 rings (SSSR count). The van der Waals surface area contributed by atoms with Gasteiger partial charge in [0, 0.05) is 18.9 Å². The molecule has 2 heterocycles. The number of rotatable bonds is 6. The van der Waals surface area contributed by atoms with E-state index in [1.165, 1.54) is 19.2 Å². The molecule has 0 fully saturated rings. The average Bonchev–Trinajstić information content (AvgIpc) is 3.11. The number of amides is 1. The molecule has 0 unspecified atom stereocenters. The van der Waals surface area contributed by atoms with Crippen molar-refractivity contribution in [1.29, 1.82) is 0 Å². The number of hydrogen-bond donors (Lipinski definition) is 2. The van der Waals surface area contributed by atoms with Crippen molar-refractivity contribution in [3.8, 4) is 22.6 Å². The predicted octanol–water partition coefficient (Wildman–Crippen LogP) is 3.32. The van der Waals surface area contributed by atoms with Crippen LogP contribution in [0.15, 0.2) is 48.7 Å². The molecule has 1 aromatic carbocycles. The lowest BCUT2D eigenvalue weighted by Gasteiger charge is -2.21. The molecule has 6 nitrogen and oxygen atoms in total. The molecule has 0 radical (unpaired) electrons. The van der Waals surface area contributed by atoms with E-state index >= 15 is 0 Å². The molecule has 0 saturated carbocycles. The first-order valence-corrected chi connectivity index (χ1v) is 8.50. The number of methoxy groups -OCH3 is 1. The largest absolute Gasteiger partial charge is 0.369 e. The van der Waals surface area contributed by atoms with Crippen LogP contribution < -0.4 is 5.32 Å². The van der Waals surface area contributed by atoms with Gasteiger partial charge in [0.25, 0.3) is 5.91 Å². The van der Waals surface area contributed by atoms with Crippen LogP contribution >= 0.6 is 0 Å². The summed E-state index contributed by atoms with van der Waals surface area (Å²) >= 11 is 0. The van der Waals surface area contributed by atoms with E-state index in [4.69, 9.17) is 4.74 Å². The fourth-order valence-electron chi connectivity index (χ4n) is 2.52. The second kappa shape index (κ2) is 7.67. The second-order valence-electron chi connectivity index (χ2n) is 6.53. The van der Waals surface area contributed by atoms with Crippen molar-refractivity contribution in [2.75, 3.05) is 7.11 Å². The number of nitrogens with zero attached hydrogens (tertiary/aromatic N) is 2. The molecule has 0 saturated heterocycles. The SMILES string of the molecule is COC(C)(C)C(=O)NCc1nc(-c2cccc(F)c2)c(-c2ccccn2)[nH]1. The summed E-state index contributed by atoms with van der Waals surface area (Å²) in [4.78, 5) is 24.3. The number of aromatic nitrogens is 3. The summed E-state index contributed by atoms with van der Waals surface area (Å²) in [5.74, 6) is -0.0672. The van der Waals surface area contributed by atoms with Crippen LogP contribution in [-0.2, 0) is 16.1 Å². The van der Waals surface area contributed by atoms with Gasteiger partial charge in [-0.25, -0.2) is 9.37 Å². The zero-order valence-corrected chi connectivity index (χ0v) is 15.4. The van der Waals surface area contributed by atoms with Gasteiger partial charge >= 0.3 is 0 Å². The van der Waals surface area contributed by atoms with Crippen LogP contribution in [0.5, 0.6) is 0 Å². The highest BCUT2D eigenvalue weighted by molar-refractivity contribution is 5.84. The monoisotopic (exact) mass is 368 g/mol.